The summed E-state index contributed by atoms with van der Waals surface area (Å²) in [6.07, 6.45) is 3.29. The van der Waals surface area contributed by atoms with Gasteiger partial charge in [0.15, 0.2) is 0 Å². The summed E-state index contributed by atoms with van der Waals surface area (Å²) >= 11 is 0. The van der Waals surface area contributed by atoms with Crippen LogP contribution in [0.5, 0.6) is 0 Å². The molecule has 0 aromatic heterocycles. The van der Waals surface area contributed by atoms with E-state index >= 15 is 0 Å². The number of hydrogen-bond donors (Lipinski definition) is 1. The van der Waals surface area contributed by atoms with E-state index in [-0.39, 0.29) is 0 Å². The minimum atomic E-state index is 0.719. The van der Waals surface area contributed by atoms with Gasteiger partial charge in [-0.25, -0.2) is 0 Å². The van der Waals surface area contributed by atoms with Crippen LogP contribution in [0.2, 0.25) is 0 Å². The topological polar surface area (TPSA) is 44.5 Å². The molecule has 72 valence electrons. The molecule has 0 spiro atoms. The third kappa shape index (κ3) is 4.04. The van der Waals surface area contributed by atoms with Gasteiger partial charge >= 0.3 is 0 Å². The molecular weight excluding hydrogens is 154 g/mol. The van der Waals surface area contributed by atoms with Gasteiger partial charge < -0.3 is 15.2 Å². The molecule has 1 aliphatic rings. The summed E-state index contributed by atoms with van der Waals surface area (Å²) in [6.45, 7) is 4.25. The molecule has 3 nitrogen and oxygen atoms in total. The Morgan fingerprint density at radius 2 is 2.08 bits per heavy atom. The first-order chi connectivity index (χ1) is 5.93. The fraction of sp³-hybridized carbons (Fsp3) is 1.00. The third-order valence-corrected chi connectivity index (χ3v) is 2.19. The van der Waals surface area contributed by atoms with E-state index in [0.29, 0.717) is 0 Å². The van der Waals surface area contributed by atoms with Crippen molar-refractivity contribution < 1.29 is 9.47 Å². The molecule has 12 heavy (non-hydrogen) atoms. The van der Waals surface area contributed by atoms with Crippen molar-refractivity contribution in [1.82, 2.24) is 0 Å². The van der Waals surface area contributed by atoms with Gasteiger partial charge in [0.25, 0.3) is 0 Å². The van der Waals surface area contributed by atoms with Crippen molar-refractivity contribution in [3.05, 3.63) is 0 Å². The van der Waals surface area contributed by atoms with Crippen LogP contribution in [-0.4, -0.2) is 33.0 Å². The largest absolute Gasteiger partial charge is 0.381 e. The van der Waals surface area contributed by atoms with E-state index in [9.17, 15) is 0 Å². The molecule has 0 aliphatic carbocycles. The highest BCUT2D eigenvalue weighted by Crippen LogP contribution is 2.14. The number of hydrogen-bond acceptors (Lipinski definition) is 3. The fourth-order valence-electron chi connectivity index (χ4n) is 1.35. The molecule has 0 aromatic carbocycles. The van der Waals surface area contributed by atoms with Crippen LogP contribution in [0.3, 0.4) is 0 Å². The maximum atomic E-state index is 5.48. The van der Waals surface area contributed by atoms with Crippen molar-refractivity contribution in [3.63, 3.8) is 0 Å². The lowest BCUT2D eigenvalue weighted by molar-refractivity contribution is 0.0205. The van der Waals surface area contributed by atoms with Crippen LogP contribution in [0, 0.1) is 5.92 Å². The van der Waals surface area contributed by atoms with Crippen molar-refractivity contribution in [1.29, 1.82) is 0 Å². The summed E-state index contributed by atoms with van der Waals surface area (Å²) in [4.78, 5) is 0. The van der Waals surface area contributed by atoms with E-state index in [0.717, 1.165) is 58.2 Å². The summed E-state index contributed by atoms with van der Waals surface area (Å²) < 4.78 is 10.7. The Morgan fingerprint density at radius 1 is 1.33 bits per heavy atom. The van der Waals surface area contributed by atoms with Crippen LogP contribution < -0.4 is 5.73 Å². The highest BCUT2D eigenvalue weighted by molar-refractivity contribution is 4.62. The summed E-state index contributed by atoms with van der Waals surface area (Å²) in [7, 11) is 0. The molecule has 2 N–H and O–H groups in total. The second kappa shape index (κ2) is 6.40. The molecule has 0 unspecified atom stereocenters. The van der Waals surface area contributed by atoms with Crippen LogP contribution >= 0.6 is 0 Å². The highest BCUT2D eigenvalue weighted by Gasteiger charge is 2.13. The molecule has 1 rings (SSSR count). The zero-order chi connectivity index (χ0) is 8.65. The lowest BCUT2D eigenvalue weighted by atomic mass is 10.0. The van der Waals surface area contributed by atoms with Crippen molar-refractivity contribution >= 4 is 0 Å². The maximum Gasteiger partial charge on any atom is 0.0495 e. The van der Waals surface area contributed by atoms with Gasteiger partial charge in [-0.3, -0.25) is 0 Å². The predicted octanol–water partition coefficient (Wildman–Crippen LogP) is 0.778. The van der Waals surface area contributed by atoms with E-state index in [1.807, 2.05) is 0 Å². The average Bonchev–Trinajstić information content (AvgIpc) is 2.14. The maximum absolute atomic E-state index is 5.48. The number of nitrogens with two attached hydrogens (primary N) is 1. The molecule has 0 aromatic rings. The Bertz CT molecular complexity index is 103. The Balaban J connectivity index is 1.91. The normalized spacial score (nSPS) is 19.8. The summed E-state index contributed by atoms with van der Waals surface area (Å²) in [5, 5.41) is 0. The lowest BCUT2D eigenvalue weighted by Crippen LogP contribution is -2.20. The Labute approximate surface area is 74.2 Å². The second-order valence-electron chi connectivity index (χ2n) is 3.27. The zero-order valence-electron chi connectivity index (χ0n) is 7.63. The number of rotatable bonds is 5. The van der Waals surface area contributed by atoms with Crippen molar-refractivity contribution in [2.24, 2.45) is 11.7 Å². The molecule has 0 saturated carbocycles. The van der Waals surface area contributed by atoms with Crippen LogP contribution in [-0.2, 0) is 9.47 Å². The second-order valence-corrected chi connectivity index (χ2v) is 3.27. The molecule has 1 aliphatic heterocycles. The first-order valence-electron chi connectivity index (χ1n) is 4.79. The van der Waals surface area contributed by atoms with E-state index in [1.165, 1.54) is 0 Å². The van der Waals surface area contributed by atoms with Gasteiger partial charge in [-0.15, -0.1) is 0 Å². The molecule has 1 saturated heterocycles. The monoisotopic (exact) mass is 173 g/mol. The molecule has 0 bridgehead atoms. The van der Waals surface area contributed by atoms with Crippen LogP contribution in [0.15, 0.2) is 0 Å². The van der Waals surface area contributed by atoms with Gasteiger partial charge in [-0.2, -0.15) is 0 Å². The predicted molar refractivity (Wildman–Crippen MR) is 48.0 cm³/mol. The van der Waals surface area contributed by atoms with Gasteiger partial charge in [-0.1, -0.05) is 0 Å². The van der Waals surface area contributed by atoms with E-state index in [4.69, 9.17) is 15.2 Å². The molecule has 0 amide bonds. The van der Waals surface area contributed by atoms with Gasteiger partial charge in [0, 0.05) is 26.4 Å². The Hall–Kier alpha value is -0.120. The van der Waals surface area contributed by atoms with Gasteiger partial charge in [-0.05, 0) is 31.7 Å². The molecule has 0 atom stereocenters. The minimum Gasteiger partial charge on any atom is -0.381 e. The van der Waals surface area contributed by atoms with E-state index < -0.39 is 0 Å². The first kappa shape index (κ1) is 9.96. The first-order valence-corrected chi connectivity index (χ1v) is 4.79. The quantitative estimate of drug-likeness (QED) is 0.625. The molecule has 0 radical (unpaired) electrons. The standard InChI is InChI=1S/C9H19NO2/c10-4-1-5-12-8-9-2-6-11-7-3-9/h9H,1-8,10H2. The SMILES string of the molecule is NCCCOCC1CCOCC1. The van der Waals surface area contributed by atoms with E-state index in [1.54, 1.807) is 0 Å². The van der Waals surface area contributed by atoms with Crippen molar-refractivity contribution in [2.75, 3.05) is 33.0 Å². The number of ether oxygens (including phenoxy) is 2. The lowest BCUT2D eigenvalue weighted by Gasteiger charge is -2.21. The van der Waals surface area contributed by atoms with E-state index in [2.05, 4.69) is 0 Å². The highest BCUT2D eigenvalue weighted by atomic mass is 16.5. The summed E-state index contributed by atoms with van der Waals surface area (Å²) in [5.41, 5.74) is 5.35. The third-order valence-electron chi connectivity index (χ3n) is 2.19. The smallest absolute Gasteiger partial charge is 0.0495 e. The van der Waals surface area contributed by atoms with Gasteiger partial charge in [0.1, 0.15) is 0 Å². The average molecular weight is 173 g/mol. The molecule has 1 fully saturated rings. The van der Waals surface area contributed by atoms with Crippen LogP contribution in [0.1, 0.15) is 19.3 Å². The summed E-state index contributed by atoms with van der Waals surface area (Å²) in [6, 6.07) is 0. The minimum absolute atomic E-state index is 0.719. The van der Waals surface area contributed by atoms with Gasteiger partial charge in [0.05, 0.1) is 0 Å². The summed E-state index contributed by atoms with van der Waals surface area (Å²) in [5.74, 6) is 0.719. The van der Waals surface area contributed by atoms with Crippen molar-refractivity contribution in [2.45, 2.75) is 19.3 Å². The molecular formula is C9H19NO2. The Kier molecular flexibility index (Phi) is 5.32. The molecule has 1 heterocycles. The Morgan fingerprint density at radius 3 is 2.75 bits per heavy atom. The van der Waals surface area contributed by atoms with Crippen LogP contribution in [0.4, 0.5) is 0 Å². The zero-order valence-corrected chi connectivity index (χ0v) is 7.63. The van der Waals surface area contributed by atoms with Gasteiger partial charge in [0.2, 0.25) is 0 Å². The molecule has 3 heteroatoms. The fourth-order valence-corrected chi connectivity index (χ4v) is 1.35. The van der Waals surface area contributed by atoms with Crippen molar-refractivity contribution in [3.8, 4) is 0 Å². The van der Waals surface area contributed by atoms with Crippen LogP contribution in [0.25, 0.3) is 0 Å².